The lowest BCUT2D eigenvalue weighted by atomic mass is 9.86. The molecule has 2 heterocycles. The molecule has 1 amide bonds. The normalized spacial score (nSPS) is 15.9. The lowest BCUT2D eigenvalue weighted by Crippen LogP contribution is -2.33. The van der Waals surface area contributed by atoms with Gasteiger partial charge < -0.3 is 14.2 Å². The fourth-order valence-electron chi connectivity index (χ4n) is 4.89. The van der Waals surface area contributed by atoms with Crippen molar-refractivity contribution in [3.8, 4) is 0 Å². The van der Waals surface area contributed by atoms with Crippen LogP contribution in [0.2, 0.25) is 5.02 Å². The number of hydrogen-bond acceptors (Lipinski definition) is 4. The summed E-state index contributed by atoms with van der Waals surface area (Å²) in [5.74, 6) is -0.0759. The molecule has 0 saturated heterocycles. The van der Waals surface area contributed by atoms with Gasteiger partial charge in [-0.05, 0) is 67.2 Å². The number of fused-ring (bicyclic) bond motifs is 2. The van der Waals surface area contributed by atoms with E-state index in [-0.39, 0.29) is 22.5 Å². The molecular weight excluding hydrogens is 460 g/mol. The van der Waals surface area contributed by atoms with Gasteiger partial charge in [-0.1, -0.05) is 70.5 Å². The second kappa shape index (κ2) is 9.79. The molecular formula is C29H35ClN2O3. The molecule has 1 unspecified atom stereocenters. The molecule has 0 fully saturated rings. The fraction of sp³-hybridized carbons (Fsp3) is 0.448. The maximum absolute atomic E-state index is 13.8. The summed E-state index contributed by atoms with van der Waals surface area (Å²) in [6.45, 7) is 16.0. The Kier molecular flexibility index (Phi) is 7.12. The van der Waals surface area contributed by atoms with E-state index in [4.69, 9.17) is 16.0 Å². The van der Waals surface area contributed by atoms with E-state index < -0.39 is 6.04 Å². The first-order chi connectivity index (χ1) is 16.6. The molecule has 0 bridgehead atoms. The lowest BCUT2D eigenvalue weighted by Gasteiger charge is -2.27. The van der Waals surface area contributed by atoms with E-state index in [2.05, 4.69) is 51.7 Å². The van der Waals surface area contributed by atoms with Crippen LogP contribution in [-0.4, -0.2) is 41.9 Å². The molecule has 0 N–H and O–H groups in total. The molecule has 2 aromatic carbocycles. The van der Waals surface area contributed by atoms with E-state index in [1.54, 1.807) is 17.0 Å². The summed E-state index contributed by atoms with van der Waals surface area (Å²) in [6, 6.07) is 11.2. The van der Waals surface area contributed by atoms with Gasteiger partial charge in [0.1, 0.15) is 5.58 Å². The Labute approximate surface area is 212 Å². The van der Waals surface area contributed by atoms with Crippen LogP contribution in [-0.2, 0) is 5.41 Å². The van der Waals surface area contributed by atoms with Crippen LogP contribution in [0.4, 0.5) is 0 Å². The number of aryl methyl sites for hydroxylation is 1. The molecule has 0 saturated carbocycles. The number of hydrogen-bond donors (Lipinski definition) is 0. The van der Waals surface area contributed by atoms with Gasteiger partial charge in [0.05, 0.1) is 17.0 Å². The Hall–Kier alpha value is -2.63. The van der Waals surface area contributed by atoms with Crippen LogP contribution in [0.1, 0.15) is 79.9 Å². The van der Waals surface area contributed by atoms with Gasteiger partial charge in [0.25, 0.3) is 5.91 Å². The van der Waals surface area contributed by atoms with Crippen molar-refractivity contribution in [3.63, 3.8) is 0 Å². The third-order valence-electron chi connectivity index (χ3n) is 7.11. The number of halogens is 1. The topological polar surface area (TPSA) is 53.8 Å². The van der Waals surface area contributed by atoms with Crippen molar-refractivity contribution in [2.75, 3.05) is 26.2 Å². The van der Waals surface area contributed by atoms with Gasteiger partial charge in [0.15, 0.2) is 5.43 Å². The van der Waals surface area contributed by atoms with Gasteiger partial charge in [-0.25, -0.2) is 0 Å². The van der Waals surface area contributed by atoms with Crippen molar-refractivity contribution in [1.29, 1.82) is 0 Å². The van der Waals surface area contributed by atoms with E-state index in [0.29, 0.717) is 28.1 Å². The number of nitrogens with zero attached hydrogens (tertiary/aromatic N) is 2. The fourth-order valence-corrected chi connectivity index (χ4v) is 5.05. The van der Waals surface area contributed by atoms with Crippen LogP contribution < -0.4 is 5.43 Å². The standard InChI is InChI=1S/C29H35ClN2O3/c1-7-31(8-2)14-9-15-32-25(19-10-12-20(13-11-19)29(4,5)6)24-26(33)21-17-22(30)18(3)16-23(21)35-27(24)28(32)34/h10-13,16-17,25H,7-9,14-15H2,1-6H3. The smallest absolute Gasteiger partial charge is 0.290 e. The van der Waals surface area contributed by atoms with Crippen LogP contribution in [0.5, 0.6) is 0 Å². The zero-order valence-corrected chi connectivity index (χ0v) is 22.3. The summed E-state index contributed by atoms with van der Waals surface area (Å²) in [5.41, 5.74) is 3.55. The Bertz CT molecular complexity index is 1300. The third-order valence-corrected chi connectivity index (χ3v) is 7.51. The predicted molar refractivity (Wildman–Crippen MR) is 143 cm³/mol. The van der Waals surface area contributed by atoms with Crippen LogP contribution in [0.25, 0.3) is 11.0 Å². The average molecular weight is 495 g/mol. The molecule has 35 heavy (non-hydrogen) atoms. The maximum atomic E-state index is 13.8. The van der Waals surface area contributed by atoms with Crippen molar-refractivity contribution >= 4 is 28.5 Å². The lowest BCUT2D eigenvalue weighted by molar-refractivity contribution is 0.0720. The second-order valence-corrected chi connectivity index (χ2v) is 10.8. The quantitative estimate of drug-likeness (QED) is 0.385. The molecule has 4 rings (SSSR count). The summed E-state index contributed by atoms with van der Waals surface area (Å²) in [7, 11) is 0. The molecule has 1 aliphatic heterocycles. The highest BCUT2D eigenvalue weighted by Gasteiger charge is 2.42. The zero-order chi connectivity index (χ0) is 25.5. The zero-order valence-electron chi connectivity index (χ0n) is 21.6. The highest BCUT2D eigenvalue weighted by atomic mass is 35.5. The summed E-state index contributed by atoms with van der Waals surface area (Å²) in [6.07, 6.45) is 0.816. The van der Waals surface area contributed by atoms with E-state index in [0.717, 1.165) is 37.2 Å². The molecule has 5 nitrogen and oxygen atoms in total. The minimum Gasteiger partial charge on any atom is -0.450 e. The molecule has 1 aromatic heterocycles. The minimum absolute atomic E-state index is 0.00915. The number of amides is 1. The second-order valence-electron chi connectivity index (χ2n) is 10.4. The van der Waals surface area contributed by atoms with Crippen molar-refractivity contribution in [1.82, 2.24) is 9.80 Å². The Balaban J connectivity index is 1.82. The van der Waals surface area contributed by atoms with Crippen LogP contribution in [0, 0.1) is 6.92 Å². The van der Waals surface area contributed by atoms with Gasteiger partial charge in [-0.2, -0.15) is 0 Å². The average Bonchev–Trinajstić information content (AvgIpc) is 3.09. The number of carbonyl (C=O) groups is 1. The first-order valence-electron chi connectivity index (χ1n) is 12.5. The molecule has 3 aromatic rings. The molecule has 1 atom stereocenters. The van der Waals surface area contributed by atoms with Gasteiger partial charge in [-0.3, -0.25) is 9.59 Å². The van der Waals surface area contributed by atoms with Gasteiger partial charge in [-0.15, -0.1) is 0 Å². The van der Waals surface area contributed by atoms with Crippen molar-refractivity contribution in [2.45, 2.75) is 59.4 Å². The Morgan fingerprint density at radius 2 is 1.71 bits per heavy atom. The van der Waals surface area contributed by atoms with E-state index in [1.165, 1.54) is 5.56 Å². The number of benzene rings is 2. The number of carbonyl (C=O) groups excluding carboxylic acids is 1. The number of rotatable bonds is 7. The van der Waals surface area contributed by atoms with Crippen molar-refractivity contribution < 1.29 is 9.21 Å². The SMILES string of the molecule is CCN(CC)CCCN1C(=O)c2oc3cc(C)c(Cl)cc3c(=O)c2C1c1ccc(C(C)(C)C)cc1. The van der Waals surface area contributed by atoms with E-state index >= 15 is 0 Å². The third kappa shape index (κ3) is 4.76. The molecule has 0 aliphatic carbocycles. The predicted octanol–water partition coefficient (Wildman–Crippen LogP) is 6.33. The van der Waals surface area contributed by atoms with Gasteiger partial charge in [0, 0.05) is 11.6 Å². The van der Waals surface area contributed by atoms with Crippen LogP contribution >= 0.6 is 11.6 Å². The summed E-state index contributed by atoms with van der Waals surface area (Å²) >= 11 is 6.34. The maximum Gasteiger partial charge on any atom is 0.290 e. The first-order valence-corrected chi connectivity index (χ1v) is 12.8. The highest BCUT2D eigenvalue weighted by Crippen LogP contribution is 2.39. The van der Waals surface area contributed by atoms with Crippen LogP contribution in [0.15, 0.2) is 45.6 Å². The van der Waals surface area contributed by atoms with Gasteiger partial charge in [0.2, 0.25) is 5.76 Å². The minimum atomic E-state index is -0.482. The summed E-state index contributed by atoms with van der Waals surface area (Å²) in [4.78, 5) is 31.5. The molecule has 1 aliphatic rings. The van der Waals surface area contributed by atoms with Crippen molar-refractivity contribution in [2.24, 2.45) is 0 Å². The Morgan fingerprint density at radius 3 is 2.31 bits per heavy atom. The summed E-state index contributed by atoms with van der Waals surface area (Å²) < 4.78 is 6.10. The molecule has 6 heteroatoms. The van der Waals surface area contributed by atoms with Crippen LogP contribution in [0.3, 0.4) is 0 Å². The molecule has 186 valence electrons. The molecule has 0 spiro atoms. The van der Waals surface area contributed by atoms with E-state index in [1.807, 2.05) is 19.1 Å². The molecule has 0 radical (unpaired) electrons. The monoisotopic (exact) mass is 494 g/mol. The Morgan fingerprint density at radius 1 is 1.06 bits per heavy atom. The summed E-state index contributed by atoms with van der Waals surface area (Å²) in [5, 5.41) is 0.921. The first kappa shape index (κ1) is 25.5. The van der Waals surface area contributed by atoms with Crippen molar-refractivity contribution in [3.05, 3.63) is 79.7 Å². The largest absolute Gasteiger partial charge is 0.450 e. The van der Waals surface area contributed by atoms with Gasteiger partial charge >= 0.3 is 0 Å². The highest BCUT2D eigenvalue weighted by molar-refractivity contribution is 6.32. The van der Waals surface area contributed by atoms with E-state index in [9.17, 15) is 9.59 Å².